The molecule has 1 saturated carbocycles. The standard InChI is InChI=1S/C20H28O3/c1-14(2)20(22)23-11-10-18-12-17(8-9-19(18)13-21)16-6-4-15(3)5-7-16/h8-9,12,15-16,21H,1,4-7,10-11,13H2,2-3H3. The van der Waals surface area contributed by atoms with E-state index in [1.807, 2.05) is 6.07 Å². The molecule has 1 aromatic carbocycles. The molecule has 126 valence electrons. The van der Waals surface area contributed by atoms with Crippen LogP contribution >= 0.6 is 0 Å². The van der Waals surface area contributed by atoms with E-state index < -0.39 is 0 Å². The van der Waals surface area contributed by atoms with Gasteiger partial charge >= 0.3 is 5.97 Å². The van der Waals surface area contributed by atoms with Gasteiger partial charge in [-0.05, 0) is 48.3 Å². The molecular formula is C20H28O3. The molecule has 0 amide bonds. The quantitative estimate of drug-likeness (QED) is 0.634. The zero-order chi connectivity index (χ0) is 16.8. The molecule has 0 heterocycles. The number of carbonyl (C=O) groups is 1. The molecule has 0 spiro atoms. The first kappa shape index (κ1) is 17.7. The predicted molar refractivity (Wildman–Crippen MR) is 92.2 cm³/mol. The van der Waals surface area contributed by atoms with E-state index in [9.17, 15) is 9.90 Å². The summed E-state index contributed by atoms with van der Waals surface area (Å²) in [5.74, 6) is 1.10. The third kappa shape index (κ3) is 4.93. The first-order valence-corrected chi connectivity index (χ1v) is 8.56. The minimum Gasteiger partial charge on any atom is -0.462 e. The molecule has 3 heteroatoms. The smallest absolute Gasteiger partial charge is 0.333 e. The Morgan fingerprint density at radius 2 is 1.96 bits per heavy atom. The Labute approximate surface area is 139 Å². The van der Waals surface area contributed by atoms with Crippen molar-refractivity contribution in [2.75, 3.05) is 6.61 Å². The Hall–Kier alpha value is -1.61. The van der Waals surface area contributed by atoms with Crippen LogP contribution in [-0.4, -0.2) is 17.7 Å². The van der Waals surface area contributed by atoms with Crippen LogP contribution in [0, 0.1) is 5.92 Å². The summed E-state index contributed by atoms with van der Waals surface area (Å²) in [6.45, 7) is 7.89. The van der Waals surface area contributed by atoms with E-state index in [1.54, 1.807) is 6.92 Å². The highest BCUT2D eigenvalue weighted by atomic mass is 16.5. The Morgan fingerprint density at radius 1 is 1.26 bits per heavy atom. The Balaban J connectivity index is 2.03. The first-order valence-electron chi connectivity index (χ1n) is 8.56. The van der Waals surface area contributed by atoms with Crippen molar-refractivity contribution in [1.82, 2.24) is 0 Å². The number of carbonyl (C=O) groups excluding carboxylic acids is 1. The molecular weight excluding hydrogens is 288 g/mol. The maximum Gasteiger partial charge on any atom is 0.333 e. The second kappa shape index (κ2) is 8.30. The lowest BCUT2D eigenvalue weighted by molar-refractivity contribution is -0.138. The third-order valence-corrected chi connectivity index (χ3v) is 4.84. The van der Waals surface area contributed by atoms with Gasteiger partial charge in [0, 0.05) is 12.0 Å². The van der Waals surface area contributed by atoms with Gasteiger partial charge in [-0.15, -0.1) is 0 Å². The van der Waals surface area contributed by atoms with Crippen LogP contribution in [0.1, 0.15) is 62.1 Å². The van der Waals surface area contributed by atoms with E-state index in [0.717, 1.165) is 17.0 Å². The molecule has 1 aliphatic carbocycles. The van der Waals surface area contributed by atoms with Gasteiger partial charge in [-0.25, -0.2) is 4.79 Å². The lowest BCUT2D eigenvalue weighted by atomic mass is 9.79. The number of hydrogen-bond acceptors (Lipinski definition) is 3. The molecule has 1 fully saturated rings. The number of aliphatic hydroxyl groups is 1. The molecule has 0 atom stereocenters. The van der Waals surface area contributed by atoms with Crippen molar-refractivity contribution in [2.45, 2.75) is 58.5 Å². The van der Waals surface area contributed by atoms with Crippen LogP contribution in [0.3, 0.4) is 0 Å². The zero-order valence-electron chi connectivity index (χ0n) is 14.3. The van der Waals surface area contributed by atoms with E-state index in [4.69, 9.17) is 4.74 Å². The fourth-order valence-electron chi connectivity index (χ4n) is 3.26. The summed E-state index contributed by atoms with van der Waals surface area (Å²) in [6.07, 6.45) is 5.69. The summed E-state index contributed by atoms with van der Waals surface area (Å²) >= 11 is 0. The van der Waals surface area contributed by atoms with Crippen LogP contribution in [0.25, 0.3) is 0 Å². The molecule has 2 rings (SSSR count). The van der Waals surface area contributed by atoms with E-state index in [2.05, 4.69) is 25.6 Å². The average molecular weight is 316 g/mol. The topological polar surface area (TPSA) is 46.5 Å². The minimum absolute atomic E-state index is 0.0196. The van der Waals surface area contributed by atoms with E-state index in [0.29, 0.717) is 24.5 Å². The van der Waals surface area contributed by atoms with Gasteiger partial charge in [0.2, 0.25) is 0 Å². The summed E-state index contributed by atoms with van der Waals surface area (Å²) in [5.41, 5.74) is 3.77. The SMILES string of the molecule is C=C(C)C(=O)OCCc1cc(C2CCC(C)CC2)ccc1CO. The van der Waals surface area contributed by atoms with Crippen LogP contribution < -0.4 is 0 Å². The summed E-state index contributed by atoms with van der Waals surface area (Å²) in [6, 6.07) is 6.36. The van der Waals surface area contributed by atoms with E-state index in [1.165, 1.54) is 31.2 Å². The van der Waals surface area contributed by atoms with Crippen molar-refractivity contribution in [3.05, 3.63) is 47.0 Å². The van der Waals surface area contributed by atoms with Gasteiger partial charge in [-0.3, -0.25) is 0 Å². The van der Waals surface area contributed by atoms with Crippen LogP contribution in [0.5, 0.6) is 0 Å². The fraction of sp³-hybridized carbons (Fsp3) is 0.550. The Morgan fingerprint density at radius 3 is 2.57 bits per heavy atom. The van der Waals surface area contributed by atoms with Crippen molar-refractivity contribution in [2.24, 2.45) is 5.92 Å². The average Bonchev–Trinajstić information content (AvgIpc) is 2.55. The second-order valence-electron chi connectivity index (χ2n) is 6.81. The monoisotopic (exact) mass is 316 g/mol. The number of esters is 1. The highest BCUT2D eigenvalue weighted by Crippen LogP contribution is 2.36. The zero-order valence-corrected chi connectivity index (χ0v) is 14.3. The molecule has 0 bridgehead atoms. The largest absolute Gasteiger partial charge is 0.462 e. The number of rotatable bonds is 6. The molecule has 23 heavy (non-hydrogen) atoms. The Bertz CT molecular complexity index is 554. The third-order valence-electron chi connectivity index (χ3n) is 4.84. The number of benzene rings is 1. The summed E-state index contributed by atoms with van der Waals surface area (Å²) in [4.78, 5) is 11.5. The van der Waals surface area contributed by atoms with Crippen LogP contribution in [0.15, 0.2) is 30.4 Å². The van der Waals surface area contributed by atoms with Crippen molar-refractivity contribution >= 4 is 5.97 Å². The van der Waals surface area contributed by atoms with Crippen molar-refractivity contribution in [3.8, 4) is 0 Å². The normalized spacial score (nSPS) is 21.0. The number of aliphatic hydroxyl groups excluding tert-OH is 1. The van der Waals surface area contributed by atoms with Gasteiger partial charge in [-0.2, -0.15) is 0 Å². The van der Waals surface area contributed by atoms with Crippen molar-refractivity contribution < 1.29 is 14.6 Å². The highest BCUT2D eigenvalue weighted by Gasteiger charge is 2.20. The van der Waals surface area contributed by atoms with E-state index in [-0.39, 0.29) is 12.6 Å². The molecule has 0 unspecified atom stereocenters. The number of hydrogen-bond donors (Lipinski definition) is 1. The molecule has 3 nitrogen and oxygen atoms in total. The van der Waals surface area contributed by atoms with Crippen LogP contribution in [0.4, 0.5) is 0 Å². The molecule has 1 aliphatic rings. The first-order chi connectivity index (χ1) is 11.0. The Kier molecular flexibility index (Phi) is 6.40. The van der Waals surface area contributed by atoms with E-state index >= 15 is 0 Å². The van der Waals surface area contributed by atoms with Gasteiger partial charge < -0.3 is 9.84 Å². The number of ether oxygens (including phenoxy) is 1. The molecule has 0 aliphatic heterocycles. The van der Waals surface area contributed by atoms with Crippen LogP contribution in [0.2, 0.25) is 0 Å². The summed E-state index contributed by atoms with van der Waals surface area (Å²) in [7, 11) is 0. The van der Waals surface area contributed by atoms with Crippen molar-refractivity contribution in [1.29, 1.82) is 0 Å². The molecule has 1 aromatic rings. The highest BCUT2D eigenvalue weighted by molar-refractivity contribution is 5.86. The molecule has 0 aromatic heterocycles. The maximum atomic E-state index is 11.5. The predicted octanol–water partition coefficient (Wildman–Crippen LogP) is 4.13. The summed E-state index contributed by atoms with van der Waals surface area (Å²) in [5, 5.41) is 9.53. The minimum atomic E-state index is -0.354. The summed E-state index contributed by atoms with van der Waals surface area (Å²) < 4.78 is 5.19. The second-order valence-corrected chi connectivity index (χ2v) is 6.81. The van der Waals surface area contributed by atoms with Crippen LogP contribution in [-0.2, 0) is 22.6 Å². The lowest BCUT2D eigenvalue weighted by Gasteiger charge is -2.27. The van der Waals surface area contributed by atoms with Gasteiger partial charge in [0.15, 0.2) is 0 Å². The van der Waals surface area contributed by atoms with Gasteiger partial charge in [-0.1, -0.05) is 44.5 Å². The van der Waals surface area contributed by atoms with Crippen molar-refractivity contribution in [3.63, 3.8) is 0 Å². The molecule has 1 N–H and O–H groups in total. The lowest BCUT2D eigenvalue weighted by Crippen LogP contribution is -2.12. The molecule has 0 radical (unpaired) electrons. The fourth-order valence-corrected chi connectivity index (χ4v) is 3.26. The van der Waals surface area contributed by atoms with Gasteiger partial charge in [0.25, 0.3) is 0 Å². The molecule has 0 saturated heterocycles. The van der Waals surface area contributed by atoms with Gasteiger partial charge in [0.1, 0.15) is 0 Å². The maximum absolute atomic E-state index is 11.5. The van der Waals surface area contributed by atoms with Gasteiger partial charge in [0.05, 0.1) is 13.2 Å².